The smallest absolute Gasteiger partial charge is 0.306 e. The van der Waals surface area contributed by atoms with Crippen molar-refractivity contribution in [1.29, 1.82) is 0 Å². The molecule has 0 aliphatic rings. The minimum absolute atomic E-state index is 0.110. The van der Waals surface area contributed by atoms with Gasteiger partial charge in [0.15, 0.2) is 6.10 Å². The first-order valence-corrected chi connectivity index (χ1v) is 28.0. The second kappa shape index (κ2) is 56.9. The summed E-state index contributed by atoms with van der Waals surface area (Å²) < 4.78 is 16.8. The van der Waals surface area contributed by atoms with E-state index >= 15 is 0 Å². The summed E-state index contributed by atoms with van der Waals surface area (Å²) in [5, 5.41) is 0. The standard InChI is InChI=1S/C64H100O6/c1-4-7-10-13-16-19-22-25-28-31-33-36-39-42-45-48-51-54-57-63(66)69-60-61(59-68-62(65)56-53-50-47-44-41-38-35-30-27-24-21-18-15-12-9-6-3)70-64(67)58-55-52-49-46-43-40-37-34-32-29-26-23-20-17-14-11-8-5-2/h9-10,12-13,16-23,25-34,36-37,61H,4-8,11,14-15,24,35,38-60H2,1-3H3/b12-9-,13-10-,19-16-,20-17-,21-18-,25-22-,26-23-,30-27-,31-28-,32-29-,36-33-,37-34-. The summed E-state index contributed by atoms with van der Waals surface area (Å²) in [4.78, 5) is 38.2. The zero-order valence-corrected chi connectivity index (χ0v) is 44.7. The highest BCUT2D eigenvalue weighted by molar-refractivity contribution is 5.71. The SMILES string of the molecule is CC/C=C\C/C=C\C/C=C\CCCCCCCCC(=O)OCC(COC(=O)CCCCCCC\C=C/C=C\C=C/C=C\C=C/CCC)OC(=O)CCCCCCC\C=C/C=C\C=C/C=C\CCCCC. The number of hydrogen-bond donors (Lipinski definition) is 0. The summed E-state index contributed by atoms with van der Waals surface area (Å²) in [5.41, 5.74) is 0. The number of ether oxygens (including phenoxy) is 3. The van der Waals surface area contributed by atoms with Crippen LogP contribution in [0.25, 0.3) is 0 Å². The van der Waals surface area contributed by atoms with Crippen LogP contribution in [0.15, 0.2) is 146 Å². The number of esters is 3. The van der Waals surface area contributed by atoms with Crippen LogP contribution in [0.3, 0.4) is 0 Å². The molecular formula is C64H100O6. The van der Waals surface area contributed by atoms with Crippen molar-refractivity contribution >= 4 is 17.9 Å². The summed E-state index contributed by atoms with van der Waals surface area (Å²) in [6.45, 7) is 6.33. The number of unbranched alkanes of at least 4 members (excludes halogenated alkanes) is 20. The summed E-state index contributed by atoms with van der Waals surface area (Å²) in [7, 11) is 0. The van der Waals surface area contributed by atoms with Gasteiger partial charge in [0, 0.05) is 19.3 Å². The Bertz CT molecular complexity index is 1580. The van der Waals surface area contributed by atoms with Gasteiger partial charge in [0.05, 0.1) is 0 Å². The van der Waals surface area contributed by atoms with Crippen LogP contribution < -0.4 is 0 Å². The average molecular weight is 965 g/mol. The van der Waals surface area contributed by atoms with Crippen molar-refractivity contribution in [2.75, 3.05) is 13.2 Å². The van der Waals surface area contributed by atoms with Crippen molar-refractivity contribution < 1.29 is 28.6 Å². The third-order valence-electron chi connectivity index (χ3n) is 11.3. The Kier molecular flexibility index (Phi) is 53.0. The molecule has 6 heteroatoms. The van der Waals surface area contributed by atoms with E-state index in [4.69, 9.17) is 14.2 Å². The molecule has 0 aliphatic heterocycles. The molecule has 1 atom stereocenters. The van der Waals surface area contributed by atoms with Gasteiger partial charge in [0.2, 0.25) is 0 Å². The van der Waals surface area contributed by atoms with E-state index in [1.807, 2.05) is 30.4 Å². The molecular weight excluding hydrogens is 865 g/mol. The molecule has 0 aromatic carbocycles. The molecule has 0 amide bonds. The van der Waals surface area contributed by atoms with Crippen LogP contribution in [0.2, 0.25) is 0 Å². The largest absolute Gasteiger partial charge is 0.462 e. The molecule has 0 bridgehead atoms. The summed E-state index contributed by atoms with van der Waals surface area (Å²) in [5.74, 6) is -0.977. The van der Waals surface area contributed by atoms with Crippen molar-refractivity contribution in [3.63, 3.8) is 0 Å². The number of hydrogen-bond acceptors (Lipinski definition) is 6. The molecule has 0 saturated carbocycles. The summed E-state index contributed by atoms with van der Waals surface area (Å²) in [6, 6.07) is 0. The normalized spacial score (nSPS) is 13.2. The lowest BCUT2D eigenvalue weighted by molar-refractivity contribution is -0.167. The highest BCUT2D eigenvalue weighted by Crippen LogP contribution is 2.13. The van der Waals surface area contributed by atoms with Crippen molar-refractivity contribution in [3.05, 3.63) is 146 Å². The maximum absolute atomic E-state index is 12.9. The molecule has 0 N–H and O–H groups in total. The molecule has 1 unspecified atom stereocenters. The van der Waals surface area contributed by atoms with Crippen LogP contribution in [-0.2, 0) is 28.6 Å². The van der Waals surface area contributed by atoms with E-state index < -0.39 is 6.10 Å². The van der Waals surface area contributed by atoms with Crippen molar-refractivity contribution in [2.24, 2.45) is 0 Å². The molecule has 0 aliphatic carbocycles. The third kappa shape index (κ3) is 54.2. The minimum Gasteiger partial charge on any atom is -0.462 e. The Balaban J connectivity index is 4.56. The second-order valence-electron chi connectivity index (χ2n) is 18.0. The molecule has 70 heavy (non-hydrogen) atoms. The van der Waals surface area contributed by atoms with E-state index in [-0.39, 0.29) is 37.5 Å². The first-order valence-electron chi connectivity index (χ1n) is 28.0. The Morgan fingerprint density at radius 2 is 0.643 bits per heavy atom. The van der Waals surface area contributed by atoms with Gasteiger partial charge in [-0.15, -0.1) is 0 Å². The molecule has 0 heterocycles. The van der Waals surface area contributed by atoms with Crippen molar-refractivity contribution in [3.8, 4) is 0 Å². The Hall–Kier alpha value is -4.71. The van der Waals surface area contributed by atoms with Gasteiger partial charge in [-0.2, -0.15) is 0 Å². The molecule has 0 aromatic heterocycles. The van der Waals surface area contributed by atoms with E-state index in [0.717, 1.165) is 141 Å². The molecule has 0 rings (SSSR count). The van der Waals surface area contributed by atoms with Crippen LogP contribution in [0.4, 0.5) is 0 Å². The lowest BCUT2D eigenvalue weighted by atomic mass is 10.1. The Morgan fingerprint density at radius 3 is 1.06 bits per heavy atom. The van der Waals surface area contributed by atoms with Crippen LogP contribution >= 0.6 is 0 Å². The van der Waals surface area contributed by atoms with Gasteiger partial charge in [-0.05, 0) is 96.3 Å². The van der Waals surface area contributed by atoms with Crippen LogP contribution in [-0.4, -0.2) is 37.2 Å². The van der Waals surface area contributed by atoms with Gasteiger partial charge in [-0.25, -0.2) is 0 Å². The third-order valence-corrected chi connectivity index (χ3v) is 11.3. The van der Waals surface area contributed by atoms with E-state index in [1.165, 1.54) is 38.5 Å². The summed E-state index contributed by atoms with van der Waals surface area (Å²) in [6.07, 6.45) is 81.0. The van der Waals surface area contributed by atoms with Gasteiger partial charge in [-0.1, -0.05) is 250 Å². The Labute approximate surface area is 429 Å². The van der Waals surface area contributed by atoms with Crippen molar-refractivity contribution in [1.82, 2.24) is 0 Å². The predicted molar refractivity (Wildman–Crippen MR) is 302 cm³/mol. The zero-order chi connectivity index (χ0) is 50.7. The second-order valence-corrected chi connectivity index (χ2v) is 18.0. The number of carbonyl (C=O) groups is 3. The average Bonchev–Trinajstić information content (AvgIpc) is 3.36. The fourth-order valence-corrected chi connectivity index (χ4v) is 7.09. The highest BCUT2D eigenvalue weighted by Gasteiger charge is 2.19. The molecule has 0 aromatic rings. The molecule has 392 valence electrons. The lowest BCUT2D eigenvalue weighted by Gasteiger charge is -2.18. The minimum atomic E-state index is -0.815. The molecule has 6 nitrogen and oxygen atoms in total. The van der Waals surface area contributed by atoms with E-state index in [1.54, 1.807) is 0 Å². The first-order chi connectivity index (χ1) is 34.5. The van der Waals surface area contributed by atoms with E-state index in [0.29, 0.717) is 12.8 Å². The van der Waals surface area contributed by atoms with Gasteiger partial charge in [0.1, 0.15) is 13.2 Å². The molecule has 0 radical (unpaired) electrons. The van der Waals surface area contributed by atoms with Gasteiger partial charge < -0.3 is 14.2 Å². The summed E-state index contributed by atoms with van der Waals surface area (Å²) >= 11 is 0. The number of allylic oxidation sites excluding steroid dienone is 24. The van der Waals surface area contributed by atoms with Gasteiger partial charge in [0.25, 0.3) is 0 Å². The fraction of sp³-hybridized carbons (Fsp3) is 0.578. The maximum Gasteiger partial charge on any atom is 0.306 e. The van der Waals surface area contributed by atoms with Crippen molar-refractivity contribution in [2.45, 2.75) is 226 Å². The fourth-order valence-electron chi connectivity index (χ4n) is 7.09. The number of rotatable bonds is 48. The predicted octanol–water partition coefficient (Wildman–Crippen LogP) is 18.8. The van der Waals surface area contributed by atoms with Gasteiger partial charge >= 0.3 is 17.9 Å². The molecule has 0 fully saturated rings. The van der Waals surface area contributed by atoms with E-state index in [2.05, 4.69) is 136 Å². The topological polar surface area (TPSA) is 78.9 Å². The van der Waals surface area contributed by atoms with Gasteiger partial charge in [-0.3, -0.25) is 14.4 Å². The van der Waals surface area contributed by atoms with E-state index in [9.17, 15) is 14.4 Å². The maximum atomic E-state index is 12.9. The molecule has 0 spiro atoms. The number of carbonyl (C=O) groups excluding carboxylic acids is 3. The monoisotopic (exact) mass is 965 g/mol. The van der Waals surface area contributed by atoms with Crippen LogP contribution in [0.1, 0.15) is 220 Å². The quantitative estimate of drug-likeness (QED) is 0.0199. The first kappa shape index (κ1) is 65.3. The highest BCUT2D eigenvalue weighted by atomic mass is 16.6. The lowest BCUT2D eigenvalue weighted by Crippen LogP contribution is -2.30. The van der Waals surface area contributed by atoms with Crippen LogP contribution in [0, 0.1) is 0 Å². The Morgan fingerprint density at radius 1 is 0.314 bits per heavy atom. The molecule has 0 saturated heterocycles. The zero-order valence-electron chi connectivity index (χ0n) is 44.7. The van der Waals surface area contributed by atoms with Crippen LogP contribution in [0.5, 0.6) is 0 Å².